The van der Waals surface area contributed by atoms with Crippen molar-refractivity contribution in [1.82, 2.24) is 5.32 Å². The summed E-state index contributed by atoms with van der Waals surface area (Å²) in [6, 6.07) is 8.43. The maximum atomic E-state index is 5.38. The number of benzene rings is 1. The van der Waals surface area contributed by atoms with Crippen LogP contribution in [0.25, 0.3) is 0 Å². The smallest absolute Gasteiger partial charge is 0.161 e. The van der Waals surface area contributed by atoms with Crippen LogP contribution < -0.4 is 14.8 Å². The molecule has 1 aromatic heterocycles. The predicted molar refractivity (Wildman–Crippen MR) is 90.9 cm³/mol. The van der Waals surface area contributed by atoms with Crippen LogP contribution in [0.15, 0.2) is 29.2 Å². The molecule has 0 amide bonds. The molecule has 0 spiro atoms. The molecule has 21 heavy (non-hydrogen) atoms. The van der Waals surface area contributed by atoms with Crippen molar-refractivity contribution in [2.75, 3.05) is 20.5 Å². The van der Waals surface area contributed by atoms with Crippen molar-refractivity contribution in [3.8, 4) is 11.5 Å². The molecular formula is C16H21NO2S2. The molecule has 0 saturated carbocycles. The summed E-state index contributed by atoms with van der Waals surface area (Å²) in [6.07, 6.45) is 2.08. The Balaban J connectivity index is 2.07. The molecule has 0 aliphatic carbocycles. The molecule has 0 radical (unpaired) electrons. The Kier molecular flexibility index (Phi) is 5.96. The quantitative estimate of drug-likeness (QED) is 0.778. The summed E-state index contributed by atoms with van der Waals surface area (Å²) >= 11 is 3.56. The van der Waals surface area contributed by atoms with E-state index in [1.807, 2.05) is 17.4 Å². The lowest BCUT2D eigenvalue weighted by Gasteiger charge is -2.14. The second-order valence-electron chi connectivity index (χ2n) is 4.63. The number of aryl methyl sites for hydroxylation is 1. The SMILES string of the molecule is COc1cc(CNCc2ccc(C)s2)c(SC)cc1OC. The van der Waals surface area contributed by atoms with Gasteiger partial charge in [0.2, 0.25) is 0 Å². The van der Waals surface area contributed by atoms with Gasteiger partial charge in [0.25, 0.3) is 0 Å². The number of thiophene rings is 1. The first-order valence-corrected chi connectivity index (χ1v) is 8.77. The van der Waals surface area contributed by atoms with E-state index < -0.39 is 0 Å². The van der Waals surface area contributed by atoms with Gasteiger partial charge in [-0.05, 0) is 43.0 Å². The zero-order valence-corrected chi connectivity index (χ0v) is 14.5. The molecule has 1 heterocycles. The topological polar surface area (TPSA) is 30.5 Å². The highest BCUT2D eigenvalue weighted by atomic mass is 32.2. The highest BCUT2D eigenvalue weighted by molar-refractivity contribution is 7.98. The standard InChI is InChI=1S/C16H21NO2S2/c1-11-5-6-13(21-11)10-17-9-12-7-14(18-2)15(19-3)8-16(12)20-4/h5-8,17H,9-10H2,1-4H3. The minimum Gasteiger partial charge on any atom is -0.493 e. The van der Waals surface area contributed by atoms with Crippen molar-refractivity contribution in [1.29, 1.82) is 0 Å². The van der Waals surface area contributed by atoms with Crippen molar-refractivity contribution in [2.24, 2.45) is 0 Å². The van der Waals surface area contributed by atoms with E-state index >= 15 is 0 Å². The van der Waals surface area contributed by atoms with Crippen LogP contribution in [0.4, 0.5) is 0 Å². The van der Waals surface area contributed by atoms with Gasteiger partial charge in [-0.2, -0.15) is 0 Å². The van der Waals surface area contributed by atoms with Crippen LogP contribution in [-0.4, -0.2) is 20.5 Å². The molecule has 2 aromatic rings. The molecule has 2 rings (SSSR count). The molecule has 0 unspecified atom stereocenters. The number of nitrogens with one attached hydrogen (secondary N) is 1. The van der Waals surface area contributed by atoms with Gasteiger partial charge in [-0.1, -0.05) is 0 Å². The molecule has 0 aliphatic heterocycles. The van der Waals surface area contributed by atoms with Crippen LogP contribution >= 0.6 is 23.1 Å². The summed E-state index contributed by atoms with van der Waals surface area (Å²) in [7, 11) is 3.33. The van der Waals surface area contributed by atoms with Crippen LogP contribution in [0.2, 0.25) is 0 Å². The summed E-state index contributed by atoms with van der Waals surface area (Å²) in [5, 5.41) is 3.50. The number of hydrogen-bond acceptors (Lipinski definition) is 5. The number of methoxy groups -OCH3 is 2. The minimum absolute atomic E-state index is 0.777. The van der Waals surface area contributed by atoms with Crippen LogP contribution in [0.1, 0.15) is 15.3 Å². The lowest BCUT2D eigenvalue weighted by Crippen LogP contribution is -2.12. The molecule has 0 fully saturated rings. The number of hydrogen-bond donors (Lipinski definition) is 1. The Morgan fingerprint density at radius 3 is 2.38 bits per heavy atom. The van der Waals surface area contributed by atoms with Gasteiger partial charge in [0.1, 0.15) is 0 Å². The van der Waals surface area contributed by atoms with E-state index in [0.29, 0.717) is 0 Å². The molecule has 0 saturated heterocycles. The van der Waals surface area contributed by atoms with E-state index in [2.05, 4.69) is 36.7 Å². The number of rotatable bonds is 7. The van der Waals surface area contributed by atoms with Gasteiger partial charge in [-0.15, -0.1) is 23.1 Å². The lowest BCUT2D eigenvalue weighted by molar-refractivity contribution is 0.353. The maximum Gasteiger partial charge on any atom is 0.161 e. The fraction of sp³-hybridized carbons (Fsp3) is 0.375. The summed E-state index contributed by atoms with van der Waals surface area (Å²) < 4.78 is 10.7. The van der Waals surface area contributed by atoms with Crippen LogP contribution in [0.5, 0.6) is 11.5 Å². The fourth-order valence-corrected chi connectivity index (χ4v) is 3.61. The normalized spacial score (nSPS) is 10.7. The van der Waals surface area contributed by atoms with Crippen molar-refractivity contribution < 1.29 is 9.47 Å². The number of thioether (sulfide) groups is 1. The van der Waals surface area contributed by atoms with Gasteiger partial charge in [0, 0.05) is 27.7 Å². The second kappa shape index (κ2) is 7.73. The molecule has 1 N–H and O–H groups in total. The highest BCUT2D eigenvalue weighted by Crippen LogP contribution is 2.34. The molecule has 114 valence electrons. The molecular weight excluding hydrogens is 302 g/mol. The maximum absolute atomic E-state index is 5.38. The van der Waals surface area contributed by atoms with Gasteiger partial charge >= 0.3 is 0 Å². The highest BCUT2D eigenvalue weighted by Gasteiger charge is 2.10. The molecule has 5 heteroatoms. The largest absolute Gasteiger partial charge is 0.493 e. The Bertz CT molecular complexity index is 596. The average Bonchev–Trinajstić information content (AvgIpc) is 2.92. The third-order valence-electron chi connectivity index (χ3n) is 3.20. The van der Waals surface area contributed by atoms with Gasteiger partial charge in [0.15, 0.2) is 11.5 Å². The molecule has 0 bridgehead atoms. The van der Waals surface area contributed by atoms with E-state index in [-0.39, 0.29) is 0 Å². The monoisotopic (exact) mass is 323 g/mol. The van der Waals surface area contributed by atoms with Gasteiger partial charge in [-0.3, -0.25) is 0 Å². The number of ether oxygens (including phenoxy) is 2. The Morgan fingerprint density at radius 1 is 1.10 bits per heavy atom. The van der Waals surface area contributed by atoms with Crippen LogP contribution in [0, 0.1) is 6.92 Å². The van der Waals surface area contributed by atoms with Crippen LogP contribution in [0.3, 0.4) is 0 Å². The first kappa shape index (κ1) is 16.2. The summed E-state index contributed by atoms with van der Waals surface area (Å²) in [5.41, 5.74) is 1.23. The third kappa shape index (κ3) is 4.15. The average molecular weight is 323 g/mol. The van der Waals surface area contributed by atoms with Crippen molar-refractivity contribution in [3.05, 3.63) is 39.6 Å². The molecule has 0 atom stereocenters. The Hall–Kier alpha value is -1.17. The minimum atomic E-state index is 0.777. The van der Waals surface area contributed by atoms with E-state index in [1.54, 1.807) is 26.0 Å². The van der Waals surface area contributed by atoms with Crippen LogP contribution in [-0.2, 0) is 13.1 Å². The van der Waals surface area contributed by atoms with Crippen molar-refractivity contribution in [2.45, 2.75) is 24.9 Å². The molecule has 0 aliphatic rings. The summed E-state index contributed by atoms with van der Waals surface area (Å²) in [4.78, 5) is 3.92. The van der Waals surface area contributed by atoms with E-state index in [0.717, 1.165) is 24.6 Å². The van der Waals surface area contributed by atoms with Crippen molar-refractivity contribution >= 4 is 23.1 Å². The predicted octanol–water partition coefficient (Wildman–Crippen LogP) is 4.09. The fourth-order valence-electron chi connectivity index (χ4n) is 2.13. The van der Waals surface area contributed by atoms with Gasteiger partial charge in [-0.25, -0.2) is 0 Å². The van der Waals surface area contributed by atoms with E-state index in [4.69, 9.17) is 9.47 Å². The van der Waals surface area contributed by atoms with E-state index in [9.17, 15) is 0 Å². The van der Waals surface area contributed by atoms with Crippen molar-refractivity contribution in [3.63, 3.8) is 0 Å². The second-order valence-corrected chi connectivity index (χ2v) is 6.86. The first-order chi connectivity index (χ1) is 10.2. The lowest BCUT2D eigenvalue weighted by atomic mass is 10.2. The van der Waals surface area contributed by atoms with Gasteiger partial charge in [0.05, 0.1) is 14.2 Å². The first-order valence-electron chi connectivity index (χ1n) is 6.72. The molecule has 3 nitrogen and oxygen atoms in total. The Morgan fingerprint density at radius 2 is 1.81 bits per heavy atom. The zero-order chi connectivity index (χ0) is 15.2. The summed E-state index contributed by atoms with van der Waals surface area (Å²) in [6.45, 7) is 3.84. The summed E-state index contributed by atoms with van der Waals surface area (Å²) in [5.74, 6) is 1.55. The third-order valence-corrected chi connectivity index (χ3v) is 5.02. The van der Waals surface area contributed by atoms with Gasteiger partial charge < -0.3 is 14.8 Å². The Labute approximate surface area is 134 Å². The molecule has 1 aromatic carbocycles. The van der Waals surface area contributed by atoms with E-state index in [1.165, 1.54) is 20.2 Å². The zero-order valence-electron chi connectivity index (χ0n) is 12.9.